The summed E-state index contributed by atoms with van der Waals surface area (Å²) in [6, 6.07) is 0.951. The molecule has 2 atom stereocenters. The molecule has 3 nitrogen and oxygen atoms in total. The fraction of sp³-hybridized carbons (Fsp3) is 1.00. The molecule has 1 heterocycles. The molecular weight excluding hydrogens is 246 g/mol. The monoisotopic (exact) mass is 279 g/mol. The number of fused-ring (bicyclic) bond motifs is 2. The molecule has 1 saturated heterocycles. The van der Waals surface area contributed by atoms with E-state index in [1.807, 2.05) is 0 Å². The zero-order chi connectivity index (χ0) is 13.8. The Hall–Kier alpha value is -0.120. The molecule has 0 spiro atoms. The summed E-state index contributed by atoms with van der Waals surface area (Å²) in [5.41, 5.74) is 5.75. The molecule has 2 aliphatic carbocycles. The van der Waals surface area contributed by atoms with E-state index in [9.17, 15) is 0 Å². The maximum Gasteiger partial charge on any atom is 0.00986 e. The molecular formula is C17H33N3. The lowest BCUT2D eigenvalue weighted by Crippen LogP contribution is -2.35. The topological polar surface area (TPSA) is 41.3 Å². The van der Waals surface area contributed by atoms with Gasteiger partial charge < -0.3 is 16.0 Å². The molecule has 2 saturated carbocycles. The Kier molecular flexibility index (Phi) is 5.36. The normalized spacial score (nSPS) is 37.6. The number of nitrogens with two attached hydrogens (primary N) is 1. The average molecular weight is 279 g/mol. The molecule has 0 aromatic rings. The van der Waals surface area contributed by atoms with E-state index < -0.39 is 0 Å². The molecule has 116 valence electrons. The van der Waals surface area contributed by atoms with Gasteiger partial charge in [-0.05, 0) is 95.3 Å². The Balaban J connectivity index is 1.21. The van der Waals surface area contributed by atoms with Crippen LogP contribution in [-0.2, 0) is 0 Å². The second kappa shape index (κ2) is 7.24. The van der Waals surface area contributed by atoms with Crippen LogP contribution in [0.15, 0.2) is 0 Å². The van der Waals surface area contributed by atoms with Gasteiger partial charge in [-0.2, -0.15) is 0 Å². The first kappa shape index (κ1) is 14.8. The first-order valence-corrected chi connectivity index (χ1v) is 9.00. The molecule has 3 rings (SSSR count). The molecule has 3 heteroatoms. The van der Waals surface area contributed by atoms with Crippen molar-refractivity contribution in [3.05, 3.63) is 0 Å². The fourth-order valence-electron chi connectivity index (χ4n) is 4.69. The second-order valence-electron chi connectivity index (χ2n) is 7.51. The Morgan fingerprint density at radius 2 is 1.80 bits per heavy atom. The molecule has 3 N–H and O–H groups in total. The zero-order valence-corrected chi connectivity index (χ0v) is 13.0. The van der Waals surface area contributed by atoms with E-state index >= 15 is 0 Å². The van der Waals surface area contributed by atoms with Crippen LogP contribution in [0.25, 0.3) is 0 Å². The second-order valence-corrected chi connectivity index (χ2v) is 7.51. The molecule has 2 unspecified atom stereocenters. The van der Waals surface area contributed by atoms with Crippen LogP contribution in [0.3, 0.4) is 0 Å². The van der Waals surface area contributed by atoms with Crippen molar-refractivity contribution in [2.24, 2.45) is 23.5 Å². The minimum Gasteiger partial charge on any atom is -0.330 e. The third kappa shape index (κ3) is 3.75. The van der Waals surface area contributed by atoms with Crippen LogP contribution >= 0.6 is 0 Å². The van der Waals surface area contributed by atoms with Crippen LogP contribution in [0, 0.1) is 17.8 Å². The minimum absolute atomic E-state index is 0.817. The summed E-state index contributed by atoms with van der Waals surface area (Å²) in [4.78, 5) is 2.75. The van der Waals surface area contributed by atoms with Crippen molar-refractivity contribution in [3.63, 3.8) is 0 Å². The summed E-state index contributed by atoms with van der Waals surface area (Å²) in [5.74, 6) is 2.78. The van der Waals surface area contributed by atoms with E-state index in [0.29, 0.717) is 0 Å². The molecule has 2 bridgehead atoms. The highest BCUT2D eigenvalue weighted by Gasteiger charge is 2.36. The number of piperidine rings is 1. The van der Waals surface area contributed by atoms with Crippen LogP contribution in [0.4, 0.5) is 0 Å². The van der Waals surface area contributed by atoms with Gasteiger partial charge in [0.25, 0.3) is 0 Å². The minimum atomic E-state index is 0.817. The van der Waals surface area contributed by atoms with Crippen LogP contribution < -0.4 is 11.1 Å². The van der Waals surface area contributed by atoms with Gasteiger partial charge in [0.15, 0.2) is 0 Å². The van der Waals surface area contributed by atoms with Crippen LogP contribution in [-0.4, -0.2) is 43.7 Å². The van der Waals surface area contributed by atoms with Gasteiger partial charge >= 0.3 is 0 Å². The molecule has 0 radical (unpaired) electrons. The lowest BCUT2D eigenvalue weighted by atomic mass is 9.82. The zero-order valence-electron chi connectivity index (χ0n) is 13.0. The van der Waals surface area contributed by atoms with E-state index in [4.69, 9.17) is 5.73 Å². The fourth-order valence-corrected chi connectivity index (χ4v) is 4.69. The smallest absolute Gasteiger partial charge is 0.00986 e. The first-order valence-electron chi connectivity index (χ1n) is 9.00. The van der Waals surface area contributed by atoms with Gasteiger partial charge in [-0.3, -0.25) is 0 Å². The van der Waals surface area contributed by atoms with Crippen molar-refractivity contribution in [2.75, 3.05) is 32.7 Å². The number of nitrogens with one attached hydrogen (secondary N) is 1. The van der Waals surface area contributed by atoms with E-state index in [2.05, 4.69) is 10.2 Å². The first-order chi connectivity index (χ1) is 9.85. The predicted molar refractivity (Wildman–Crippen MR) is 84.7 cm³/mol. The quantitative estimate of drug-likeness (QED) is 0.702. The van der Waals surface area contributed by atoms with Crippen molar-refractivity contribution >= 4 is 0 Å². The lowest BCUT2D eigenvalue weighted by molar-refractivity contribution is 0.209. The lowest BCUT2D eigenvalue weighted by Gasteiger charge is -2.28. The molecule has 0 aromatic carbocycles. The number of hydrogen-bond acceptors (Lipinski definition) is 3. The van der Waals surface area contributed by atoms with Gasteiger partial charge in [0, 0.05) is 12.6 Å². The van der Waals surface area contributed by atoms with Crippen LogP contribution in [0.1, 0.15) is 51.4 Å². The number of likely N-dealkylation sites (tertiary alicyclic amines) is 1. The van der Waals surface area contributed by atoms with Gasteiger partial charge in [-0.1, -0.05) is 0 Å². The van der Waals surface area contributed by atoms with Gasteiger partial charge in [-0.25, -0.2) is 0 Å². The van der Waals surface area contributed by atoms with E-state index in [-0.39, 0.29) is 0 Å². The molecule has 1 aliphatic heterocycles. The van der Waals surface area contributed by atoms with E-state index in [0.717, 1.165) is 30.3 Å². The van der Waals surface area contributed by atoms with Gasteiger partial charge in [0.1, 0.15) is 0 Å². The summed E-state index contributed by atoms with van der Waals surface area (Å²) >= 11 is 0. The van der Waals surface area contributed by atoms with Gasteiger partial charge in [0.05, 0.1) is 0 Å². The molecule has 3 aliphatic rings. The van der Waals surface area contributed by atoms with Crippen molar-refractivity contribution in [2.45, 2.75) is 57.4 Å². The summed E-state index contributed by atoms with van der Waals surface area (Å²) in [5, 5.41) is 3.70. The molecule has 3 fully saturated rings. The standard InChI is InChI=1S/C17H33N3/c18-11-14-2-4-15(5-3-14)12-19-8-1-9-20-13-16-6-7-17(20)10-16/h14-17,19H,1-13,18H2. The highest BCUT2D eigenvalue weighted by Crippen LogP contribution is 2.37. The Bertz CT molecular complexity index is 286. The maximum atomic E-state index is 5.75. The predicted octanol–water partition coefficient (Wildman–Crippen LogP) is 2.22. The summed E-state index contributed by atoms with van der Waals surface area (Å²) in [6.45, 7) is 6.08. The molecule has 20 heavy (non-hydrogen) atoms. The number of nitrogens with zero attached hydrogens (tertiary/aromatic N) is 1. The average Bonchev–Trinajstić information content (AvgIpc) is 3.10. The third-order valence-corrected chi connectivity index (χ3v) is 6.05. The van der Waals surface area contributed by atoms with Crippen molar-refractivity contribution < 1.29 is 0 Å². The third-order valence-electron chi connectivity index (χ3n) is 6.05. The highest BCUT2D eigenvalue weighted by molar-refractivity contribution is 4.91. The maximum absolute atomic E-state index is 5.75. The Labute approximate surface area is 124 Å². The summed E-state index contributed by atoms with van der Waals surface area (Å²) in [7, 11) is 0. The van der Waals surface area contributed by atoms with Crippen molar-refractivity contribution in [3.8, 4) is 0 Å². The van der Waals surface area contributed by atoms with Crippen LogP contribution in [0.5, 0.6) is 0 Å². The van der Waals surface area contributed by atoms with Crippen molar-refractivity contribution in [1.82, 2.24) is 10.2 Å². The molecule has 0 aromatic heterocycles. The Morgan fingerprint density at radius 3 is 2.45 bits per heavy atom. The number of rotatable bonds is 7. The Morgan fingerprint density at radius 1 is 1.00 bits per heavy atom. The largest absolute Gasteiger partial charge is 0.330 e. The summed E-state index contributed by atoms with van der Waals surface area (Å²) < 4.78 is 0. The molecule has 0 amide bonds. The number of hydrogen-bond donors (Lipinski definition) is 2. The van der Waals surface area contributed by atoms with Crippen molar-refractivity contribution in [1.29, 1.82) is 0 Å². The summed E-state index contributed by atoms with van der Waals surface area (Å²) in [6.07, 6.45) is 11.3. The van der Waals surface area contributed by atoms with E-state index in [1.165, 1.54) is 77.5 Å². The van der Waals surface area contributed by atoms with E-state index in [1.54, 1.807) is 0 Å². The van der Waals surface area contributed by atoms with Gasteiger partial charge in [-0.15, -0.1) is 0 Å². The highest BCUT2D eigenvalue weighted by atomic mass is 15.2. The van der Waals surface area contributed by atoms with Gasteiger partial charge in [0.2, 0.25) is 0 Å². The SMILES string of the molecule is NCC1CCC(CNCCCN2CC3CCC2C3)CC1. The van der Waals surface area contributed by atoms with Crippen LogP contribution in [0.2, 0.25) is 0 Å².